The summed E-state index contributed by atoms with van der Waals surface area (Å²) in [6, 6.07) is 15.2. The minimum Gasteiger partial charge on any atom is -0.444 e. The van der Waals surface area contributed by atoms with E-state index in [2.05, 4.69) is 21.4 Å². The molecule has 0 bridgehead atoms. The first-order chi connectivity index (χ1) is 21.5. The number of likely N-dealkylation sites (tertiary alicyclic amines) is 1. The van der Waals surface area contributed by atoms with Crippen LogP contribution in [0.15, 0.2) is 48.8 Å². The van der Waals surface area contributed by atoms with Gasteiger partial charge in [-0.1, -0.05) is 29.5 Å². The van der Waals surface area contributed by atoms with Crippen LogP contribution in [0.25, 0.3) is 32.6 Å². The van der Waals surface area contributed by atoms with Crippen LogP contribution in [0.4, 0.5) is 14.7 Å². The minimum absolute atomic E-state index is 0.245. The van der Waals surface area contributed by atoms with E-state index in [0.29, 0.717) is 62.0 Å². The number of benzene rings is 2. The molecule has 0 atom stereocenters. The van der Waals surface area contributed by atoms with Crippen molar-refractivity contribution in [1.29, 1.82) is 5.26 Å². The van der Waals surface area contributed by atoms with Crippen molar-refractivity contribution in [1.82, 2.24) is 24.8 Å². The lowest BCUT2D eigenvalue weighted by Crippen LogP contribution is -2.59. The fraction of sp³-hybridized carbons (Fsp3) is 0.394. The molecule has 2 saturated heterocycles. The highest BCUT2D eigenvalue weighted by Crippen LogP contribution is 2.40. The van der Waals surface area contributed by atoms with Crippen LogP contribution < -0.4 is 5.32 Å². The second kappa shape index (κ2) is 12.1. The van der Waals surface area contributed by atoms with Crippen molar-refractivity contribution in [3.05, 3.63) is 60.0 Å². The smallest absolute Gasteiger partial charge is 0.410 e. The fourth-order valence-corrected chi connectivity index (χ4v) is 6.72. The van der Waals surface area contributed by atoms with E-state index < -0.39 is 11.2 Å². The van der Waals surface area contributed by atoms with Gasteiger partial charge in [-0.15, -0.1) is 0 Å². The first-order valence-corrected chi connectivity index (χ1v) is 15.8. The van der Waals surface area contributed by atoms with Crippen LogP contribution in [0.3, 0.4) is 0 Å². The number of rotatable bonds is 3. The molecule has 0 radical (unpaired) electrons. The van der Waals surface area contributed by atoms with Crippen molar-refractivity contribution in [2.24, 2.45) is 0 Å². The number of ether oxygens (including phenoxy) is 2. The molecule has 12 heteroatoms. The molecule has 3 amide bonds. The topological polar surface area (TPSA) is 134 Å². The van der Waals surface area contributed by atoms with Crippen molar-refractivity contribution < 1.29 is 19.1 Å². The number of urea groups is 1. The summed E-state index contributed by atoms with van der Waals surface area (Å²) in [7, 11) is 0. The van der Waals surface area contributed by atoms with Crippen molar-refractivity contribution in [3.63, 3.8) is 0 Å². The van der Waals surface area contributed by atoms with Gasteiger partial charge >= 0.3 is 12.1 Å². The molecule has 45 heavy (non-hydrogen) atoms. The second-order valence-electron chi connectivity index (χ2n) is 12.4. The van der Waals surface area contributed by atoms with E-state index in [-0.39, 0.29) is 12.1 Å². The van der Waals surface area contributed by atoms with E-state index in [1.807, 2.05) is 58.0 Å². The van der Waals surface area contributed by atoms with E-state index in [1.54, 1.807) is 28.3 Å². The predicted octanol–water partition coefficient (Wildman–Crippen LogP) is 6.23. The molecule has 2 aliphatic rings. The van der Waals surface area contributed by atoms with Crippen LogP contribution in [0, 0.1) is 18.3 Å². The average Bonchev–Trinajstić information content (AvgIpc) is 3.44. The number of aromatic nitrogens is 3. The van der Waals surface area contributed by atoms with Crippen LogP contribution in [0.5, 0.6) is 0 Å². The third-order valence-corrected chi connectivity index (χ3v) is 9.08. The zero-order valence-corrected chi connectivity index (χ0v) is 26.6. The van der Waals surface area contributed by atoms with Crippen molar-refractivity contribution in [2.45, 2.75) is 51.7 Å². The Hall–Kier alpha value is -4.60. The van der Waals surface area contributed by atoms with Gasteiger partial charge in [-0.25, -0.2) is 24.5 Å². The number of nitriles is 1. The molecule has 0 unspecified atom stereocenters. The minimum atomic E-state index is -0.570. The summed E-state index contributed by atoms with van der Waals surface area (Å²) in [6.45, 7) is 9.82. The first-order valence-electron chi connectivity index (χ1n) is 14.9. The summed E-state index contributed by atoms with van der Waals surface area (Å²) in [5, 5.41) is 13.9. The van der Waals surface area contributed by atoms with Crippen LogP contribution in [-0.2, 0) is 9.47 Å². The van der Waals surface area contributed by atoms with Crippen LogP contribution in [-0.4, -0.2) is 80.9 Å². The Kier molecular flexibility index (Phi) is 8.16. The number of nitrogens with one attached hydrogen (secondary N) is 1. The van der Waals surface area contributed by atoms with Gasteiger partial charge in [0.25, 0.3) is 0 Å². The van der Waals surface area contributed by atoms with Gasteiger partial charge in [0.05, 0.1) is 46.5 Å². The Morgan fingerprint density at radius 3 is 2.62 bits per heavy atom. The van der Waals surface area contributed by atoms with Gasteiger partial charge in [0.15, 0.2) is 5.13 Å². The number of morpholine rings is 1. The largest absolute Gasteiger partial charge is 0.444 e. The number of amides is 3. The summed E-state index contributed by atoms with van der Waals surface area (Å²) >= 11 is 1.38. The summed E-state index contributed by atoms with van der Waals surface area (Å²) in [4.78, 5) is 44.1. The molecular weight excluding hydrogens is 590 g/mol. The molecule has 11 nitrogen and oxygen atoms in total. The Morgan fingerprint density at radius 1 is 1.07 bits per heavy atom. The van der Waals surface area contributed by atoms with Crippen LogP contribution in [0.1, 0.15) is 44.9 Å². The summed E-state index contributed by atoms with van der Waals surface area (Å²) < 4.78 is 11.8. The molecule has 1 N–H and O–H groups in total. The highest BCUT2D eigenvalue weighted by Gasteiger charge is 2.42. The second-order valence-corrected chi connectivity index (χ2v) is 13.4. The molecule has 2 aromatic carbocycles. The van der Waals surface area contributed by atoms with Crippen LogP contribution >= 0.6 is 11.3 Å². The van der Waals surface area contributed by atoms with Gasteiger partial charge < -0.3 is 19.3 Å². The average molecular weight is 626 g/mol. The van der Waals surface area contributed by atoms with E-state index >= 15 is 0 Å². The molecule has 1 spiro atoms. The summed E-state index contributed by atoms with van der Waals surface area (Å²) in [5.74, 6) is 0. The number of anilines is 1. The molecule has 2 fully saturated rings. The highest BCUT2D eigenvalue weighted by molar-refractivity contribution is 7.19. The van der Waals surface area contributed by atoms with Gasteiger partial charge in [0.2, 0.25) is 0 Å². The summed E-state index contributed by atoms with van der Waals surface area (Å²) in [6.07, 6.45) is 2.42. The normalized spacial score (nSPS) is 16.4. The number of carbonyl (C=O) groups is 2. The number of hydrogen-bond donors (Lipinski definition) is 1. The van der Waals surface area contributed by atoms with E-state index in [0.717, 1.165) is 32.6 Å². The molecule has 232 valence electrons. The zero-order valence-electron chi connectivity index (χ0n) is 25.8. The monoisotopic (exact) mass is 625 g/mol. The molecule has 6 rings (SSSR count). The number of fused-ring (bicyclic) bond motifs is 1. The fourth-order valence-electron chi connectivity index (χ4n) is 5.75. The standard InChI is InChI=1S/C33H35N7O4S/c1-21-25-17-24(8-9-26(25)36-20-35-21)28-27(23-7-5-6-22(16-23)18-34)37-29(45-28)38-30(41)39-12-10-33(11-13-39)19-40(14-15-43-33)31(42)44-32(2,3)4/h5-9,16-17,20H,10-15,19H2,1-4H3,(H,37,38,41). The lowest BCUT2D eigenvalue weighted by molar-refractivity contribution is -0.129. The summed E-state index contributed by atoms with van der Waals surface area (Å²) in [5.41, 5.74) is 3.54. The molecule has 2 aromatic heterocycles. The first kappa shape index (κ1) is 30.4. The van der Waals surface area contributed by atoms with E-state index in [9.17, 15) is 14.9 Å². The number of aryl methyl sites for hydroxylation is 1. The Morgan fingerprint density at radius 2 is 1.87 bits per heavy atom. The Balaban J connectivity index is 1.21. The van der Waals surface area contributed by atoms with Gasteiger partial charge in [0.1, 0.15) is 11.9 Å². The van der Waals surface area contributed by atoms with E-state index in [4.69, 9.17) is 14.5 Å². The van der Waals surface area contributed by atoms with Crippen molar-refractivity contribution in [3.8, 4) is 27.8 Å². The van der Waals surface area contributed by atoms with Gasteiger partial charge in [-0.2, -0.15) is 5.26 Å². The molecule has 0 saturated carbocycles. The number of nitrogens with zero attached hydrogens (tertiary/aromatic N) is 6. The molecular formula is C33H35N7O4S. The zero-order chi connectivity index (χ0) is 31.8. The molecule has 4 aromatic rings. The predicted molar refractivity (Wildman–Crippen MR) is 172 cm³/mol. The maximum absolute atomic E-state index is 13.5. The third kappa shape index (κ3) is 6.60. The Labute approximate surface area is 265 Å². The quantitative estimate of drug-likeness (QED) is 0.283. The number of hydrogen-bond acceptors (Lipinski definition) is 9. The SMILES string of the molecule is Cc1ncnc2ccc(-c3sc(NC(=O)N4CCC5(CC4)CN(C(=O)OC(C)(C)C)CCO5)nc3-c3cccc(C#N)c3)cc12. The maximum Gasteiger partial charge on any atom is 0.410 e. The maximum atomic E-state index is 13.5. The lowest BCUT2D eigenvalue weighted by Gasteiger charge is -2.47. The van der Waals surface area contributed by atoms with Crippen molar-refractivity contribution in [2.75, 3.05) is 38.1 Å². The van der Waals surface area contributed by atoms with Crippen LogP contribution in [0.2, 0.25) is 0 Å². The highest BCUT2D eigenvalue weighted by atomic mass is 32.1. The molecule has 0 aliphatic carbocycles. The Bertz CT molecular complexity index is 1800. The number of carbonyl (C=O) groups excluding carboxylic acids is 2. The molecule has 2 aliphatic heterocycles. The van der Waals surface area contributed by atoms with Gasteiger partial charge in [-0.05, 0) is 70.4 Å². The van der Waals surface area contributed by atoms with E-state index in [1.165, 1.54) is 11.3 Å². The number of thiazole rings is 1. The van der Waals surface area contributed by atoms with Gasteiger partial charge in [-0.3, -0.25) is 5.32 Å². The van der Waals surface area contributed by atoms with Crippen molar-refractivity contribution >= 4 is 39.5 Å². The molecule has 4 heterocycles. The third-order valence-electron chi connectivity index (χ3n) is 8.06. The number of piperidine rings is 1. The lowest BCUT2D eigenvalue weighted by atomic mass is 9.89. The van der Waals surface area contributed by atoms with Gasteiger partial charge in [0, 0.05) is 36.3 Å².